The minimum atomic E-state index is -0.383. The van der Waals surface area contributed by atoms with E-state index in [1.54, 1.807) is 13.3 Å². The minimum Gasteiger partial charge on any atom is -0.389 e. The number of nitrogens with zero attached hydrogens (tertiary/aromatic N) is 3. The van der Waals surface area contributed by atoms with Gasteiger partial charge >= 0.3 is 0 Å². The van der Waals surface area contributed by atoms with Crippen molar-refractivity contribution < 1.29 is 9.84 Å². The molecule has 78 valence electrons. The Labute approximate surface area is 86.6 Å². The summed E-state index contributed by atoms with van der Waals surface area (Å²) in [5.74, 6) is 0. The van der Waals surface area contributed by atoms with Gasteiger partial charge in [0.25, 0.3) is 0 Å². The van der Waals surface area contributed by atoms with Crippen LogP contribution in [0.4, 0.5) is 0 Å². The van der Waals surface area contributed by atoms with E-state index in [0.29, 0.717) is 6.54 Å². The molecule has 0 amide bonds. The van der Waals surface area contributed by atoms with Gasteiger partial charge < -0.3 is 9.84 Å². The largest absolute Gasteiger partial charge is 0.389 e. The van der Waals surface area contributed by atoms with Crippen molar-refractivity contribution in [3.05, 3.63) is 11.9 Å². The van der Waals surface area contributed by atoms with Crippen molar-refractivity contribution in [3.63, 3.8) is 0 Å². The van der Waals surface area contributed by atoms with E-state index in [-0.39, 0.29) is 12.2 Å². The number of aliphatic hydroxyl groups is 1. The van der Waals surface area contributed by atoms with Gasteiger partial charge in [0.1, 0.15) is 0 Å². The molecule has 2 rings (SSSR count). The summed E-state index contributed by atoms with van der Waals surface area (Å²) in [5, 5.41) is 9.59. The molecule has 1 aliphatic rings. The van der Waals surface area contributed by atoms with E-state index < -0.39 is 0 Å². The third-order valence-corrected chi connectivity index (χ3v) is 2.92. The van der Waals surface area contributed by atoms with Crippen LogP contribution in [0, 0.1) is 0 Å². The lowest BCUT2D eigenvalue weighted by atomic mass is 10.3. The molecule has 1 N–H and O–H groups in total. The molecule has 14 heavy (non-hydrogen) atoms. The van der Waals surface area contributed by atoms with Gasteiger partial charge in [-0.15, -0.1) is 0 Å². The molecular weight excluding hydrogens is 202 g/mol. The lowest BCUT2D eigenvalue weighted by Crippen LogP contribution is -2.25. The number of rotatable bonds is 3. The third-order valence-electron chi connectivity index (χ3n) is 2.41. The quantitative estimate of drug-likeness (QED) is 0.752. The number of aliphatic hydroxyl groups excluding tert-OH is 1. The van der Waals surface area contributed by atoms with Gasteiger partial charge in [0, 0.05) is 26.7 Å². The highest BCUT2D eigenvalue weighted by Crippen LogP contribution is 2.15. The van der Waals surface area contributed by atoms with Crippen LogP contribution in [0.1, 0.15) is 5.69 Å². The number of hydrogen-bond acceptors (Lipinski definition) is 6. The Morgan fingerprint density at radius 3 is 3.14 bits per heavy atom. The van der Waals surface area contributed by atoms with Crippen molar-refractivity contribution in [2.24, 2.45) is 0 Å². The molecule has 1 aromatic rings. The fraction of sp³-hybridized carbons (Fsp3) is 0.750. The van der Waals surface area contributed by atoms with Crippen molar-refractivity contribution in [1.82, 2.24) is 13.6 Å². The average Bonchev–Trinajstić information content (AvgIpc) is 2.76. The Balaban J connectivity index is 1.89. The van der Waals surface area contributed by atoms with Crippen LogP contribution in [0.25, 0.3) is 0 Å². The predicted molar refractivity (Wildman–Crippen MR) is 52.0 cm³/mol. The Bertz CT molecular complexity index is 280. The maximum atomic E-state index is 9.59. The Hall–Kier alpha value is -0.560. The number of β-amino-alcohol motifs (C(OH)–C–C–N with tert-alkyl or cyclic N) is 1. The van der Waals surface area contributed by atoms with Gasteiger partial charge in [-0.25, -0.2) is 0 Å². The number of ether oxygens (including phenoxy) is 1. The first-order valence-corrected chi connectivity index (χ1v) is 5.22. The molecule has 6 heteroatoms. The molecule has 0 aromatic carbocycles. The summed E-state index contributed by atoms with van der Waals surface area (Å²) in [6.07, 6.45) is 1.31. The van der Waals surface area contributed by atoms with E-state index in [2.05, 4.69) is 13.6 Å². The monoisotopic (exact) mass is 215 g/mol. The van der Waals surface area contributed by atoms with E-state index >= 15 is 0 Å². The fourth-order valence-corrected chi connectivity index (χ4v) is 2.10. The van der Waals surface area contributed by atoms with Crippen molar-refractivity contribution >= 4 is 11.7 Å². The summed E-state index contributed by atoms with van der Waals surface area (Å²) in [4.78, 5) is 2.12. The third kappa shape index (κ3) is 2.09. The first kappa shape index (κ1) is 9.97. The number of aromatic nitrogens is 2. The normalized spacial score (nSPS) is 28.4. The number of methoxy groups -OCH3 is 1. The number of likely N-dealkylation sites (tertiary alicyclic amines) is 1. The van der Waals surface area contributed by atoms with Crippen LogP contribution in [0.3, 0.4) is 0 Å². The molecule has 1 saturated heterocycles. The first-order valence-electron chi connectivity index (χ1n) is 4.49. The molecule has 0 saturated carbocycles. The molecule has 2 heterocycles. The zero-order valence-electron chi connectivity index (χ0n) is 7.96. The smallest absolute Gasteiger partial charge is 0.0969 e. The van der Waals surface area contributed by atoms with E-state index in [1.165, 1.54) is 11.7 Å². The topological polar surface area (TPSA) is 58.5 Å². The van der Waals surface area contributed by atoms with Crippen LogP contribution in [0.15, 0.2) is 6.20 Å². The summed E-state index contributed by atoms with van der Waals surface area (Å²) in [6, 6.07) is 0. The Morgan fingerprint density at radius 1 is 1.71 bits per heavy atom. The molecular formula is C8H13N3O2S. The van der Waals surface area contributed by atoms with Crippen LogP contribution in [0.5, 0.6) is 0 Å². The maximum absolute atomic E-state index is 9.59. The molecule has 5 nitrogen and oxygen atoms in total. The maximum Gasteiger partial charge on any atom is 0.0969 e. The minimum absolute atomic E-state index is 0.0680. The summed E-state index contributed by atoms with van der Waals surface area (Å²) in [7, 11) is 1.63. The molecule has 2 atom stereocenters. The highest BCUT2D eigenvalue weighted by Gasteiger charge is 2.31. The van der Waals surface area contributed by atoms with Gasteiger partial charge in [0.2, 0.25) is 0 Å². The summed E-state index contributed by atoms with van der Waals surface area (Å²) in [5.41, 5.74) is 0.957. The van der Waals surface area contributed by atoms with Gasteiger partial charge in [0.15, 0.2) is 0 Å². The summed E-state index contributed by atoms with van der Waals surface area (Å²) < 4.78 is 13.2. The van der Waals surface area contributed by atoms with E-state index in [4.69, 9.17) is 4.74 Å². The molecule has 0 radical (unpaired) electrons. The zero-order chi connectivity index (χ0) is 9.97. The standard InChI is InChI=1S/C8H13N3O2S/c1-13-8-5-11(4-7(8)12)3-6-2-9-14-10-6/h2,7-8,12H,3-5H2,1H3/t7-,8-/m1/s1. The van der Waals surface area contributed by atoms with Crippen LogP contribution in [-0.2, 0) is 11.3 Å². The molecule has 0 spiro atoms. The van der Waals surface area contributed by atoms with Crippen molar-refractivity contribution in [2.45, 2.75) is 18.8 Å². The van der Waals surface area contributed by atoms with Crippen LogP contribution < -0.4 is 0 Å². The summed E-state index contributed by atoms with van der Waals surface area (Å²) >= 11 is 1.21. The van der Waals surface area contributed by atoms with Gasteiger partial charge in [-0.05, 0) is 0 Å². The van der Waals surface area contributed by atoms with Gasteiger partial charge in [-0.3, -0.25) is 4.90 Å². The molecule has 1 aromatic heterocycles. The van der Waals surface area contributed by atoms with Gasteiger partial charge in [-0.2, -0.15) is 8.75 Å². The van der Waals surface area contributed by atoms with Gasteiger partial charge in [-0.1, -0.05) is 0 Å². The molecule has 1 aliphatic heterocycles. The second kappa shape index (κ2) is 4.31. The number of hydrogen-bond donors (Lipinski definition) is 1. The second-order valence-electron chi connectivity index (χ2n) is 3.43. The predicted octanol–water partition coefficient (Wildman–Crippen LogP) is -0.270. The molecule has 0 aliphatic carbocycles. The first-order chi connectivity index (χ1) is 6.79. The molecule has 0 bridgehead atoms. The Kier molecular flexibility index (Phi) is 3.07. The van der Waals surface area contributed by atoms with Gasteiger partial charge in [0.05, 0.1) is 35.8 Å². The Morgan fingerprint density at radius 2 is 2.57 bits per heavy atom. The van der Waals surface area contributed by atoms with Crippen LogP contribution in [0.2, 0.25) is 0 Å². The molecule has 0 unspecified atom stereocenters. The SMILES string of the molecule is CO[C@@H]1CN(Cc2cnsn2)C[C@H]1O. The van der Waals surface area contributed by atoms with Crippen molar-refractivity contribution in [3.8, 4) is 0 Å². The van der Waals surface area contributed by atoms with Crippen LogP contribution >= 0.6 is 11.7 Å². The summed E-state index contributed by atoms with van der Waals surface area (Å²) in [6.45, 7) is 2.15. The van der Waals surface area contributed by atoms with Crippen molar-refractivity contribution in [1.29, 1.82) is 0 Å². The van der Waals surface area contributed by atoms with Crippen LogP contribution in [-0.4, -0.2) is 51.2 Å². The average molecular weight is 215 g/mol. The van der Waals surface area contributed by atoms with E-state index in [1.807, 2.05) is 0 Å². The van der Waals surface area contributed by atoms with Crippen molar-refractivity contribution in [2.75, 3.05) is 20.2 Å². The highest BCUT2D eigenvalue weighted by atomic mass is 32.1. The fourth-order valence-electron chi connectivity index (χ4n) is 1.68. The lowest BCUT2D eigenvalue weighted by molar-refractivity contribution is 0.0214. The lowest BCUT2D eigenvalue weighted by Gasteiger charge is -2.12. The molecule has 1 fully saturated rings. The van der Waals surface area contributed by atoms with E-state index in [9.17, 15) is 5.11 Å². The zero-order valence-corrected chi connectivity index (χ0v) is 8.78. The second-order valence-corrected chi connectivity index (χ2v) is 3.99. The highest BCUT2D eigenvalue weighted by molar-refractivity contribution is 6.99. The van der Waals surface area contributed by atoms with E-state index in [0.717, 1.165) is 18.8 Å².